The number of nitrogens with zero attached hydrogens (tertiary/aromatic N) is 2. The summed E-state index contributed by atoms with van der Waals surface area (Å²) in [6.07, 6.45) is 4.83. The summed E-state index contributed by atoms with van der Waals surface area (Å²) in [5.41, 5.74) is 4.38. The number of aromatic nitrogens is 1. The highest BCUT2D eigenvalue weighted by Gasteiger charge is 2.21. The van der Waals surface area contributed by atoms with Gasteiger partial charge in [0.1, 0.15) is 0 Å². The highest BCUT2D eigenvalue weighted by Crippen LogP contribution is 2.36. The zero-order valence-electron chi connectivity index (χ0n) is 11.0. The normalized spacial score (nSPS) is 19.1. The molecule has 2 aromatic rings. The fourth-order valence-electron chi connectivity index (χ4n) is 3.44. The number of halogens is 1. The van der Waals surface area contributed by atoms with Crippen molar-refractivity contribution in [2.75, 3.05) is 31.1 Å². The summed E-state index contributed by atoms with van der Waals surface area (Å²) < 4.78 is 3.67. The van der Waals surface area contributed by atoms with Gasteiger partial charge in [-0.15, -0.1) is 0 Å². The Morgan fingerprint density at radius 1 is 1.11 bits per heavy atom. The van der Waals surface area contributed by atoms with Gasteiger partial charge in [0.25, 0.3) is 0 Å². The van der Waals surface area contributed by atoms with Crippen LogP contribution in [0.5, 0.6) is 0 Å². The van der Waals surface area contributed by atoms with Gasteiger partial charge in [0.15, 0.2) is 0 Å². The van der Waals surface area contributed by atoms with Gasteiger partial charge in [-0.25, -0.2) is 0 Å². The lowest BCUT2D eigenvalue weighted by atomic mass is 10.0. The van der Waals surface area contributed by atoms with Gasteiger partial charge in [-0.3, -0.25) is 0 Å². The molecule has 0 amide bonds. The number of nitrogens with one attached hydrogen (secondary N) is 1. The first kappa shape index (κ1) is 11.8. The number of hydrogen-bond donors (Lipinski definition) is 1. The Kier molecular flexibility index (Phi) is 2.81. The molecule has 3 nitrogen and oxygen atoms in total. The van der Waals surface area contributed by atoms with Crippen LogP contribution < -0.4 is 10.2 Å². The quantitative estimate of drug-likeness (QED) is 0.872. The highest BCUT2D eigenvalue weighted by molar-refractivity contribution is 9.10. The van der Waals surface area contributed by atoms with E-state index in [4.69, 9.17) is 0 Å². The smallest absolute Gasteiger partial charge is 0.0627 e. The molecule has 1 N–H and O–H groups in total. The van der Waals surface area contributed by atoms with E-state index in [0.29, 0.717) is 0 Å². The maximum absolute atomic E-state index is 3.68. The van der Waals surface area contributed by atoms with E-state index in [1.807, 2.05) is 0 Å². The molecule has 0 radical (unpaired) electrons. The van der Waals surface area contributed by atoms with Crippen LogP contribution in [0.4, 0.5) is 5.69 Å². The lowest BCUT2D eigenvalue weighted by molar-refractivity contribution is 0.588. The predicted molar refractivity (Wildman–Crippen MR) is 83.0 cm³/mol. The molecule has 1 aromatic heterocycles. The first-order chi connectivity index (χ1) is 9.33. The van der Waals surface area contributed by atoms with E-state index < -0.39 is 0 Å². The largest absolute Gasteiger partial charge is 0.367 e. The van der Waals surface area contributed by atoms with E-state index >= 15 is 0 Å². The summed E-state index contributed by atoms with van der Waals surface area (Å²) in [6, 6.07) is 4.58. The molecule has 19 heavy (non-hydrogen) atoms. The van der Waals surface area contributed by atoms with Crippen LogP contribution in [0.3, 0.4) is 0 Å². The van der Waals surface area contributed by atoms with Crippen molar-refractivity contribution in [3.8, 4) is 0 Å². The van der Waals surface area contributed by atoms with Crippen LogP contribution >= 0.6 is 15.9 Å². The van der Waals surface area contributed by atoms with Gasteiger partial charge >= 0.3 is 0 Å². The van der Waals surface area contributed by atoms with Crippen molar-refractivity contribution in [3.05, 3.63) is 28.4 Å². The number of rotatable bonds is 1. The monoisotopic (exact) mass is 319 g/mol. The summed E-state index contributed by atoms with van der Waals surface area (Å²) in [4.78, 5) is 2.52. The highest BCUT2D eigenvalue weighted by atomic mass is 79.9. The van der Waals surface area contributed by atoms with Gasteiger partial charge in [0.2, 0.25) is 0 Å². The van der Waals surface area contributed by atoms with Gasteiger partial charge in [-0.2, -0.15) is 0 Å². The number of anilines is 1. The topological polar surface area (TPSA) is 20.2 Å². The second kappa shape index (κ2) is 4.53. The predicted octanol–water partition coefficient (Wildman–Crippen LogP) is 2.76. The number of piperazine rings is 1. The van der Waals surface area contributed by atoms with Gasteiger partial charge in [-0.1, -0.05) is 15.9 Å². The fraction of sp³-hybridized carbons (Fsp3) is 0.467. The molecule has 0 aliphatic carbocycles. The Bertz CT molecular complexity index is 626. The molecule has 4 rings (SSSR count). The van der Waals surface area contributed by atoms with E-state index in [1.165, 1.54) is 39.5 Å². The SMILES string of the molecule is Brc1cc2c3c(c1)c(N1CCNCC1)cn3CCC2. The molecule has 2 aliphatic rings. The second-order valence-corrected chi connectivity index (χ2v) is 6.43. The minimum Gasteiger partial charge on any atom is -0.367 e. The van der Waals surface area contributed by atoms with E-state index in [1.54, 1.807) is 0 Å². The second-order valence-electron chi connectivity index (χ2n) is 5.51. The van der Waals surface area contributed by atoms with Crippen molar-refractivity contribution < 1.29 is 0 Å². The summed E-state index contributed by atoms with van der Waals surface area (Å²) >= 11 is 3.68. The maximum atomic E-state index is 3.68. The van der Waals surface area contributed by atoms with Crippen LogP contribution in [-0.2, 0) is 13.0 Å². The van der Waals surface area contributed by atoms with Crippen LogP contribution in [0.1, 0.15) is 12.0 Å². The fourth-order valence-corrected chi connectivity index (χ4v) is 3.94. The molecule has 0 unspecified atom stereocenters. The van der Waals surface area contributed by atoms with Gasteiger partial charge in [-0.05, 0) is 30.5 Å². The third-order valence-corrected chi connectivity index (χ3v) is 4.76. The molecule has 3 heterocycles. The van der Waals surface area contributed by atoms with Crippen molar-refractivity contribution in [1.29, 1.82) is 0 Å². The molecule has 0 saturated carbocycles. The Labute approximate surface area is 121 Å². The van der Waals surface area contributed by atoms with Crippen molar-refractivity contribution in [2.45, 2.75) is 19.4 Å². The van der Waals surface area contributed by atoms with E-state index in [-0.39, 0.29) is 0 Å². The molecule has 2 aliphatic heterocycles. The van der Waals surface area contributed by atoms with Crippen LogP contribution in [-0.4, -0.2) is 30.7 Å². The number of benzene rings is 1. The zero-order valence-corrected chi connectivity index (χ0v) is 12.5. The van der Waals surface area contributed by atoms with Crippen LogP contribution in [0, 0.1) is 0 Å². The summed E-state index contributed by atoms with van der Waals surface area (Å²) in [7, 11) is 0. The Balaban J connectivity index is 1.92. The van der Waals surface area contributed by atoms with Gasteiger partial charge in [0.05, 0.1) is 11.2 Å². The average molecular weight is 320 g/mol. The summed E-state index contributed by atoms with van der Waals surface area (Å²) in [6.45, 7) is 5.57. The maximum Gasteiger partial charge on any atom is 0.0627 e. The van der Waals surface area contributed by atoms with Gasteiger partial charge in [0, 0.05) is 48.8 Å². The third-order valence-electron chi connectivity index (χ3n) is 4.30. The minimum atomic E-state index is 1.09. The van der Waals surface area contributed by atoms with E-state index in [9.17, 15) is 0 Å². The molecule has 1 saturated heterocycles. The standard InChI is InChI=1S/C15H18BrN3/c16-12-8-11-2-1-5-19-10-14(13(9-12)15(11)19)18-6-3-17-4-7-18/h8-10,17H,1-7H2. The first-order valence-corrected chi connectivity index (χ1v) is 7.89. The van der Waals surface area contributed by atoms with E-state index in [0.717, 1.165) is 32.7 Å². The number of aryl methyl sites for hydroxylation is 2. The molecular weight excluding hydrogens is 302 g/mol. The Morgan fingerprint density at radius 3 is 2.79 bits per heavy atom. The van der Waals surface area contributed by atoms with Crippen molar-refractivity contribution in [1.82, 2.24) is 9.88 Å². The average Bonchev–Trinajstić information content (AvgIpc) is 2.80. The molecule has 0 atom stereocenters. The minimum absolute atomic E-state index is 1.09. The third kappa shape index (κ3) is 1.89. The molecule has 100 valence electrons. The lowest BCUT2D eigenvalue weighted by Crippen LogP contribution is -2.43. The summed E-state index contributed by atoms with van der Waals surface area (Å²) in [5, 5.41) is 4.85. The lowest BCUT2D eigenvalue weighted by Gasteiger charge is -2.28. The van der Waals surface area contributed by atoms with Crippen LogP contribution in [0.2, 0.25) is 0 Å². The van der Waals surface area contributed by atoms with Crippen LogP contribution in [0.25, 0.3) is 10.9 Å². The van der Waals surface area contributed by atoms with Gasteiger partial charge < -0.3 is 14.8 Å². The molecule has 0 spiro atoms. The summed E-state index contributed by atoms with van der Waals surface area (Å²) in [5.74, 6) is 0. The Hall–Kier alpha value is -1.00. The molecule has 4 heteroatoms. The molecule has 1 fully saturated rings. The Morgan fingerprint density at radius 2 is 1.95 bits per heavy atom. The van der Waals surface area contributed by atoms with E-state index in [2.05, 4.69) is 49.0 Å². The van der Waals surface area contributed by atoms with Crippen molar-refractivity contribution in [2.24, 2.45) is 0 Å². The number of hydrogen-bond acceptors (Lipinski definition) is 2. The first-order valence-electron chi connectivity index (χ1n) is 7.10. The molecule has 0 bridgehead atoms. The molecule has 1 aromatic carbocycles. The van der Waals surface area contributed by atoms with Crippen molar-refractivity contribution >= 4 is 32.5 Å². The van der Waals surface area contributed by atoms with Crippen molar-refractivity contribution in [3.63, 3.8) is 0 Å². The van der Waals surface area contributed by atoms with Crippen LogP contribution in [0.15, 0.2) is 22.8 Å². The zero-order chi connectivity index (χ0) is 12.8. The molecular formula is C15H18BrN3.